The number of carbonyl (C=O) groups excluding carboxylic acids is 1. The van der Waals surface area contributed by atoms with Crippen LogP contribution in [-0.4, -0.2) is 45.4 Å². The van der Waals surface area contributed by atoms with Crippen molar-refractivity contribution in [3.63, 3.8) is 0 Å². The molecule has 0 fully saturated rings. The third-order valence-corrected chi connectivity index (χ3v) is 2.80. The number of hydrogen-bond acceptors (Lipinski definition) is 5. The average molecular weight is 308 g/mol. The van der Waals surface area contributed by atoms with E-state index in [1.54, 1.807) is 24.3 Å². The number of ketones is 1. The molecule has 0 aromatic heterocycles. The van der Waals surface area contributed by atoms with Gasteiger partial charge in [-0.15, -0.1) is 0 Å². The summed E-state index contributed by atoms with van der Waals surface area (Å²) in [5.74, 6) is 0.776. The molecule has 0 spiro atoms. The maximum atomic E-state index is 11.1. The molecule has 0 aliphatic heterocycles. The predicted octanol–water partition coefficient (Wildman–Crippen LogP) is 2.85. The Morgan fingerprint density at radius 2 is 1.64 bits per heavy atom. The molecule has 0 saturated carbocycles. The zero-order chi connectivity index (χ0) is 16.0. The molecule has 22 heavy (non-hydrogen) atoms. The molecule has 1 rings (SSSR count). The van der Waals surface area contributed by atoms with Crippen molar-refractivity contribution in [3.05, 3.63) is 42.7 Å². The summed E-state index contributed by atoms with van der Waals surface area (Å²) in [4.78, 5) is 11.1. The monoisotopic (exact) mass is 308 g/mol. The van der Waals surface area contributed by atoms with Crippen molar-refractivity contribution >= 4 is 5.78 Å². The van der Waals surface area contributed by atoms with Crippen LogP contribution in [0, 0.1) is 0 Å². The molecule has 122 valence electrons. The highest BCUT2D eigenvalue weighted by molar-refractivity contribution is 5.94. The van der Waals surface area contributed by atoms with Gasteiger partial charge >= 0.3 is 0 Å². The highest BCUT2D eigenvalue weighted by Gasteiger charge is 1.99. The molecule has 0 saturated heterocycles. The molecule has 0 atom stereocenters. The summed E-state index contributed by atoms with van der Waals surface area (Å²) in [5.41, 5.74) is 0.680. The highest BCUT2D eigenvalue weighted by Crippen LogP contribution is 2.12. The Morgan fingerprint density at radius 1 is 1.00 bits per heavy atom. The summed E-state index contributed by atoms with van der Waals surface area (Å²) in [7, 11) is 0. The van der Waals surface area contributed by atoms with Gasteiger partial charge in [-0.1, -0.05) is 6.58 Å². The van der Waals surface area contributed by atoms with E-state index in [2.05, 4.69) is 6.58 Å². The molecule has 0 unspecified atom stereocenters. The molecule has 0 bridgehead atoms. The summed E-state index contributed by atoms with van der Waals surface area (Å²) >= 11 is 0. The van der Waals surface area contributed by atoms with Gasteiger partial charge in [0, 0.05) is 18.6 Å². The number of carbonyl (C=O) groups is 1. The Labute approximate surface area is 131 Å². The van der Waals surface area contributed by atoms with E-state index in [1.807, 2.05) is 0 Å². The van der Waals surface area contributed by atoms with Crippen LogP contribution in [0.1, 0.15) is 23.7 Å². The molecule has 1 aromatic rings. The van der Waals surface area contributed by atoms with Crippen LogP contribution < -0.4 is 4.74 Å². The molecule has 0 N–H and O–H groups in total. The Kier molecular flexibility index (Phi) is 9.74. The number of benzene rings is 1. The second-order valence-corrected chi connectivity index (χ2v) is 4.54. The largest absolute Gasteiger partial charge is 0.502 e. The molecule has 0 aliphatic carbocycles. The van der Waals surface area contributed by atoms with E-state index in [0.717, 1.165) is 12.2 Å². The lowest BCUT2D eigenvalue weighted by Gasteiger charge is -2.08. The van der Waals surface area contributed by atoms with Crippen molar-refractivity contribution in [3.8, 4) is 5.75 Å². The maximum absolute atomic E-state index is 11.1. The minimum atomic E-state index is 0.0472. The fraction of sp³-hybridized carbons (Fsp3) is 0.471. The lowest BCUT2D eigenvalue weighted by Crippen LogP contribution is -2.11. The summed E-state index contributed by atoms with van der Waals surface area (Å²) in [6.07, 6.45) is 2.27. The van der Waals surface area contributed by atoms with E-state index in [4.69, 9.17) is 18.9 Å². The van der Waals surface area contributed by atoms with Gasteiger partial charge < -0.3 is 18.9 Å². The molecular formula is C17H24O5. The molecule has 1 aromatic carbocycles. The maximum Gasteiger partial charge on any atom is 0.159 e. The van der Waals surface area contributed by atoms with Gasteiger partial charge in [-0.25, -0.2) is 0 Å². The quantitative estimate of drug-likeness (QED) is 0.319. The van der Waals surface area contributed by atoms with E-state index in [0.29, 0.717) is 45.2 Å². The van der Waals surface area contributed by atoms with Crippen molar-refractivity contribution in [1.82, 2.24) is 0 Å². The second-order valence-electron chi connectivity index (χ2n) is 4.54. The van der Waals surface area contributed by atoms with Crippen LogP contribution in [0.5, 0.6) is 5.75 Å². The molecule has 5 nitrogen and oxygen atoms in total. The summed E-state index contributed by atoms with van der Waals surface area (Å²) in [5, 5.41) is 0. The number of Topliss-reactive ketones (excluding diaryl/α,β-unsaturated/α-hetero) is 1. The van der Waals surface area contributed by atoms with Crippen molar-refractivity contribution in [2.75, 3.05) is 39.6 Å². The Bertz CT molecular complexity index is 427. The van der Waals surface area contributed by atoms with Crippen LogP contribution in [0.4, 0.5) is 0 Å². The fourth-order valence-electron chi connectivity index (χ4n) is 1.65. The van der Waals surface area contributed by atoms with Gasteiger partial charge in [0.2, 0.25) is 0 Å². The predicted molar refractivity (Wildman–Crippen MR) is 84.3 cm³/mol. The van der Waals surface area contributed by atoms with Crippen molar-refractivity contribution < 1.29 is 23.7 Å². The third kappa shape index (κ3) is 8.44. The first-order chi connectivity index (χ1) is 10.7. The number of ether oxygens (including phenoxy) is 4. The highest BCUT2D eigenvalue weighted by atomic mass is 16.5. The van der Waals surface area contributed by atoms with Crippen LogP contribution in [0.2, 0.25) is 0 Å². The van der Waals surface area contributed by atoms with E-state index in [9.17, 15) is 4.79 Å². The molecular weight excluding hydrogens is 284 g/mol. The van der Waals surface area contributed by atoms with E-state index in [1.165, 1.54) is 13.2 Å². The molecule has 0 radical (unpaired) electrons. The minimum absolute atomic E-state index is 0.0472. The fourth-order valence-corrected chi connectivity index (χ4v) is 1.65. The summed E-state index contributed by atoms with van der Waals surface area (Å²) in [6, 6.07) is 7.07. The van der Waals surface area contributed by atoms with Gasteiger partial charge in [-0.2, -0.15) is 0 Å². The van der Waals surface area contributed by atoms with Crippen molar-refractivity contribution in [2.45, 2.75) is 13.3 Å². The Morgan fingerprint density at radius 3 is 2.27 bits per heavy atom. The van der Waals surface area contributed by atoms with Gasteiger partial charge in [0.1, 0.15) is 12.4 Å². The van der Waals surface area contributed by atoms with Crippen LogP contribution in [0.25, 0.3) is 0 Å². The van der Waals surface area contributed by atoms with E-state index in [-0.39, 0.29) is 5.78 Å². The van der Waals surface area contributed by atoms with Gasteiger partial charge in [0.05, 0.1) is 32.7 Å². The zero-order valence-corrected chi connectivity index (χ0v) is 13.1. The molecule has 0 heterocycles. The lowest BCUT2D eigenvalue weighted by molar-refractivity contribution is 0.0318. The molecule has 5 heteroatoms. The van der Waals surface area contributed by atoms with Gasteiger partial charge in [-0.3, -0.25) is 4.79 Å². The zero-order valence-electron chi connectivity index (χ0n) is 13.1. The second kappa shape index (κ2) is 11.8. The third-order valence-electron chi connectivity index (χ3n) is 2.80. The number of rotatable bonds is 13. The van der Waals surface area contributed by atoms with Gasteiger partial charge in [-0.05, 0) is 31.2 Å². The van der Waals surface area contributed by atoms with E-state index >= 15 is 0 Å². The minimum Gasteiger partial charge on any atom is -0.502 e. The SMILES string of the molecule is C=COCCCOCCOCCOc1ccc(C(C)=O)cc1. The number of hydrogen-bond donors (Lipinski definition) is 0. The lowest BCUT2D eigenvalue weighted by atomic mass is 10.1. The molecule has 0 amide bonds. The first-order valence-corrected chi connectivity index (χ1v) is 7.36. The van der Waals surface area contributed by atoms with Crippen LogP contribution in [0.15, 0.2) is 37.1 Å². The first-order valence-electron chi connectivity index (χ1n) is 7.36. The van der Waals surface area contributed by atoms with Crippen molar-refractivity contribution in [2.24, 2.45) is 0 Å². The van der Waals surface area contributed by atoms with Crippen LogP contribution in [0.3, 0.4) is 0 Å². The first kappa shape index (κ1) is 18.2. The molecule has 0 aliphatic rings. The average Bonchev–Trinajstić information content (AvgIpc) is 2.53. The van der Waals surface area contributed by atoms with Crippen LogP contribution >= 0.6 is 0 Å². The normalized spacial score (nSPS) is 10.2. The van der Waals surface area contributed by atoms with Gasteiger partial charge in [0.25, 0.3) is 0 Å². The van der Waals surface area contributed by atoms with Crippen molar-refractivity contribution in [1.29, 1.82) is 0 Å². The Balaban J connectivity index is 1.95. The van der Waals surface area contributed by atoms with E-state index < -0.39 is 0 Å². The van der Waals surface area contributed by atoms with Crippen LogP contribution in [-0.2, 0) is 14.2 Å². The smallest absolute Gasteiger partial charge is 0.159 e. The summed E-state index contributed by atoms with van der Waals surface area (Å²) < 4.78 is 21.2. The summed E-state index contributed by atoms with van der Waals surface area (Å²) in [6.45, 7) is 8.33. The Hall–Kier alpha value is -1.85. The topological polar surface area (TPSA) is 54.0 Å². The standard InChI is InChI=1S/C17H24O5/c1-3-19-9-4-10-20-11-12-21-13-14-22-17-7-5-16(6-8-17)15(2)18/h3,5-8H,1,4,9-14H2,2H3. The van der Waals surface area contributed by atoms with Gasteiger partial charge in [0.15, 0.2) is 5.78 Å².